The molecule has 1 aromatic carbocycles. The lowest BCUT2D eigenvalue weighted by Gasteiger charge is -2.16. The first-order chi connectivity index (χ1) is 8.30. The van der Waals surface area contributed by atoms with Gasteiger partial charge >= 0.3 is 0 Å². The number of primary sulfonamides is 1. The van der Waals surface area contributed by atoms with Gasteiger partial charge in [0.25, 0.3) is 5.91 Å². The van der Waals surface area contributed by atoms with E-state index in [4.69, 9.17) is 5.14 Å². The summed E-state index contributed by atoms with van der Waals surface area (Å²) < 4.78 is 35.6. The maximum Gasteiger partial charge on any atom is 0.253 e. The SMILES string of the molecule is CN(C(=O)c1ccc(F)c(S(N)(=O)=O)c1)C1CC1. The van der Waals surface area contributed by atoms with E-state index in [1.54, 1.807) is 7.05 Å². The minimum atomic E-state index is -4.17. The summed E-state index contributed by atoms with van der Waals surface area (Å²) in [6.07, 6.45) is 1.87. The zero-order valence-electron chi connectivity index (χ0n) is 9.76. The number of sulfonamides is 1. The molecule has 0 aliphatic heterocycles. The van der Waals surface area contributed by atoms with Crippen molar-refractivity contribution in [3.63, 3.8) is 0 Å². The molecule has 18 heavy (non-hydrogen) atoms. The summed E-state index contributed by atoms with van der Waals surface area (Å²) in [5.74, 6) is -1.29. The fraction of sp³-hybridized carbons (Fsp3) is 0.364. The minimum Gasteiger partial charge on any atom is -0.339 e. The second kappa shape index (κ2) is 4.33. The number of nitrogens with zero attached hydrogens (tertiary/aromatic N) is 1. The number of amides is 1. The first kappa shape index (κ1) is 13.0. The van der Waals surface area contributed by atoms with E-state index in [2.05, 4.69) is 0 Å². The number of hydrogen-bond acceptors (Lipinski definition) is 3. The largest absolute Gasteiger partial charge is 0.339 e. The Morgan fingerprint density at radius 2 is 2.06 bits per heavy atom. The average Bonchev–Trinajstić information content (AvgIpc) is 3.10. The van der Waals surface area contributed by atoms with Crippen molar-refractivity contribution in [3.05, 3.63) is 29.6 Å². The van der Waals surface area contributed by atoms with E-state index in [1.807, 2.05) is 0 Å². The lowest BCUT2D eigenvalue weighted by molar-refractivity contribution is 0.0785. The van der Waals surface area contributed by atoms with E-state index in [0.29, 0.717) is 0 Å². The van der Waals surface area contributed by atoms with E-state index < -0.39 is 20.7 Å². The zero-order chi connectivity index (χ0) is 13.5. The van der Waals surface area contributed by atoms with Gasteiger partial charge < -0.3 is 4.90 Å². The molecular weight excluding hydrogens is 259 g/mol. The number of carbonyl (C=O) groups excluding carboxylic acids is 1. The summed E-state index contributed by atoms with van der Waals surface area (Å²) in [4.78, 5) is 12.9. The maximum absolute atomic E-state index is 13.3. The predicted molar refractivity (Wildman–Crippen MR) is 62.9 cm³/mol. The molecule has 0 heterocycles. The molecule has 2 N–H and O–H groups in total. The third-order valence-corrected chi connectivity index (χ3v) is 3.83. The molecule has 0 atom stereocenters. The molecule has 1 aliphatic carbocycles. The van der Waals surface area contributed by atoms with Gasteiger partial charge in [0.2, 0.25) is 10.0 Å². The summed E-state index contributed by atoms with van der Waals surface area (Å²) in [5.41, 5.74) is 0.120. The molecule has 1 amide bonds. The van der Waals surface area contributed by atoms with Crippen molar-refractivity contribution in [2.75, 3.05) is 7.05 Å². The number of hydrogen-bond donors (Lipinski definition) is 1. The van der Waals surface area contributed by atoms with Gasteiger partial charge in [-0.05, 0) is 31.0 Å². The van der Waals surface area contributed by atoms with Crippen LogP contribution < -0.4 is 5.14 Å². The Morgan fingerprint density at radius 1 is 1.44 bits per heavy atom. The highest BCUT2D eigenvalue weighted by Gasteiger charge is 2.30. The van der Waals surface area contributed by atoms with Gasteiger partial charge in [0, 0.05) is 18.7 Å². The molecule has 2 rings (SSSR count). The average molecular weight is 272 g/mol. The normalized spacial score (nSPS) is 15.5. The van der Waals surface area contributed by atoms with Gasteiger partial charge in [-0.3, -0.25) is 4.79 Å². The van der Waals surface area contributed by atoms with Crippen molar-refractivity contribution >= 4 is 15.9 Å². The van der Waals surface area contributed by atoms with E-state index >= 15 is 0 Å². The van der Waals surface area contributed by atoms with Gasteiger partial charge in [0.1, 0.15) is 10.7 Å². The Morgan fingerprint density at radius 3 is 2.56 bits per heavy atom. The summed E-state index contributed by atoms with van der Waals surface area (Å²) in [5, 5.41) is 4.88. The van der Waals surface area contributed by atoms with Crippen molar-refractivity contribution in [2.24, 2.45) is 5.14 Å². The molecule has 98 valence electrons. The highest BCUT2D eigenvalue weighted by molar-refractivity contribution is 7.89. The highest BCUT2D eigenvalue weighted by atomic mass is 32.2. The smallest absolute Gasteiger partial charge is 0.253 e. The van der Waals surface area contributed by atoms with Crippen LogP contribution in [-0.2, 0) is 10.0 Å². The van der Waals surface area contributed by atoms with Crippen LogP contribution in [0.4, 0.5) is 4.39 Å². The molecule has 5 nitrogen and oxygen atoms in total. The zero-order valence-corrected chi connectivity index (χ0v) is 10.6. The van der Waals surface area contributed by atoms with Crippen LogP contribution in [0.3, 0.4) is 0 Å². The summed E-state index contributed by atoms with van der Waals surface area (Å²) in [6, 6.07) is 3.37. The Balaban J connectivity index is 2.38. The van der Waals surface area contributed by atoms with Crippen LogP contribution in [0.25, 0.3) is 0 Å². The molecule has 0 unspecified atom stereocenters. The fourth-order valence-corrected chi connectivity index (χ4v) is 2.32. The molecule has 1 fully saturated rings. The quantitative estimate of drug-likeness (QED) is 0.879. The first-order valence-corrected chi connectivity index (χ1v) is 6.95. The van der Waals surface area contributed by atoms with Crippen LogP contribution in [0.5, 0.6) is 0 Å². The van der Waals surface area contributed by atoms with E-state index in [0.717, 1.165) is 25.0 Å². The van der Waals surface area contributed by atoms with Crippen LogP contribution >= 0.6 is 0 Å². The fourth-order valence-electron chi connectivity index (χ4n) is 1.69. The molecule has 0 radical (unpaired) electrons. The maximum atomic E-state index is 13.3. The van der Waals surface area contributed by atoms with Gasteiger partial charge in [-0.15, -0.1) is 0 Å². The molecule has 1 aliphatic rings. The van der Waals surface area contributed by atoms with Crippen LogP contribution in [-0.4, -0.2) is 32.3 Å². The Bertz CT molecular complexity index is 596. The number of halogens is 1. The van der Waals surface area contributed by atoms with Crippen molar-refractivity contribution < 1.29 is 17.6 Å². The Labute approximate surface area is 104 Å². The molecule has 1 aromatic rings. The second-order valence-electron chi connectivity index (χ2n) is 4.34. The molecule has 0 bridgehead atoms. The lowest BCUT2D eigenvalue weighted by atomic mass is 10.2. The van der Waals surface area contributed by atoms with Crippen molar-refractivity contribution in [1.82, 2.24) is 4.90 Å². The van der Waals surface area contributed by atoms with Gasteiger partial charge in [-0.25, -0.2) is 17.9 Å². The van der Waals surface area contributed by atoms with Crippen LogP contribution in [0, 0.1) is 5.82 Å². The van der Waals surface area contributed by atoms with Crippen molar-refractivity contribution in [2.45, 2.75) is 23.8 Å². The van der Waals surface area contributed by atoms with E-state index in [1.165, 1.54) is 11.0 Å². The number of benzene rings is 1. The molecular formula is C11H13FN2O3S. The number of nitrogens with two attached hydrogens (primary N) is 1. The Kier molecular flexibility index (Phi) is 3.12. The van der Waals surface area contributed by atoms with Crippen LogP contribution in [0.15, 0.2) is 23.1 Å². The molecule has 0 spiro atoms. The van der Waals surface area contributed by atoms with Gasteiger partial charge in [0.05, 0.1) is 0 Å². The van der Waals surface area contributed by atoms with Crippen LogP contribution in [0.2, 0.25) is 0 Å². The second-order valence-corrected chi connectivity index (χ2v) is 5.87. The number of rotatable bonds is 3. The topological polar surface area (TPSA) is 80.5 Å². The third kappa shape index (κ3) is 2.51. The van der Waals surface area contributed by atoms with Gasteiger partial charge in [-0.1, -0.05) is 0 Å². The molecule has 0 aromatic heterocycles. The summed E-state index contributed by atoms with van der Waals surface area (Å²) in [7, 11) is -2.53. The first-order valence-electron chi connectivity index (χ1n) is 5.40. The summed E-state index contributed by atoms with van der Waals surface area (Å²) >= 11 is 0. The van der Waals surface area contributed by atoms with Crippen molar-refractivity contribution in [1.29, 1.82) is 0 Å². The third-order valence-electron chi connectivity index (χ3n) is 2.90. The lowest BCUT2D eigenvalue weighted by Crippen LogP contribution is -2.29. The number of carbonyl (C=O) groups is 1. The van der Waals surface area contributed by atoms with E-state index in [9.17, 15) is 17.6 Å². The van der Waals surface area contributed by atoms with Gasteiger partial charge in [0.15, 0.2) is 0 Å². The molecule has 7 heteroatoms. The monoisotopic (exact) mass is 272 g/mol. The summed E-state index contributed by atoms with van der Waals surface area (Å²) in [6.45, 7) is 0. The predicted octanol–water partition coefficient (Wildman–Crippen LogP) is 0.707. The Hall–Kier alpha value is -1.47. The van der Waals surface area contributed by atoms with Crippen LogP contribution in [0.1, 0.15) is 23.2 Å². The highest BCUT2D eigenvalue weighted by Crippen LogP contribution is 2.27. The van der Waals surface area contributed by atoms with Crippen molar-refractivity contribution in [3.8, 4) is 0 Å². The van der Waals surface area contributed by atoms with Gasteiger partial charge in [-0.2, -0.15) is 0 Å². The van der Waals surface area contributed by atoms with E-state index in [-0.39, 0.29) is 17.5 Å². The standard InChI is InChI=1S/C11H13FN2O3S/c1-14(8-3-4-8)11(15)7-2-5-9(12)10(6-7)18(13,16)17/h2,5-6,8H,3-4H2,1H3,(H2,13,16,17). The molecule has 1 saturated carbocycles. The minimum absolute atomic E-state index is 0.120. The molecule has 0 saturated heterocycles.